The molecule has 0 spiro atoms. The van der Waals surface area contributed by atoms with Crippen LogP contribution in [-0.4, -0.2) is 24.3 Å². The third-order valence-electron chi connectivity index (χ3n) is 3.48. The molecule has 112 valence electrons. The van der Waals surface area contributed by atoms with E-state index in [1.54, 1.807) is 4.57 Å². The summed E-state index contributed by atoms with van der Waals surface area (Å²) in [5.74, 6) is 2.36. The maximum absolute atomic E-state index is 12.2. The summed E-state index contributed by atoms with van der Waals surface area (Å²) in [5, 5.41) is 4.50. The van der Waals surface area contributed by atoms with Gasteiger partial charge in [0.25, 0.3) is 5.56 Å². The fraction of sp³-hybridized carbons (Fsp3) is 0.571. The molecule has 0 radical (unpaired) electrons. The predicted octanol–water partition coefficient (Wildman–Crippen LogP) is 2.07. The first-order chi connectivity index (χ1) is 10.0. The monoisotopic (exact) mass is 307 g/mol. The van der Waals surface area contributed by atoms with Gasteiger partial charge in [0.2, 0.25) is 0 Å². The van der Waals surface area contributed by atoms with Gasteiger partial charge in [0.05, 0.1) is 6.54 Å². The van der Waals surface area contributed by atoms with Crippen LogP contribution in [0.25, 0.3) is 0 Å². The maximum atomic E-state index is 12.2. The van der Waals surface area contributed by atoms with E-state index in [4.69, 9.17) is 11.6 Å². The van der Waals surface area contributed by atoms with Gasteiger partial charge >= 0.3 is 0 Å². The minimum absolute atomic E-state index is 0.129. The Morgan fingerprint density at radius 1 is 1.43 bits per heavy atom. The number of rotatable bonds is 5. The predicted molar refractivity (Wildman–Crippen MR) is 79.4 cm³/mol. The van der Waals surface area contributed by atoms with Crippen molar-refractivity contribution in [1.82, 2.24) is 24.3 Å². The van der Waals surface area contributed by atoms with Gasteiger partial charge in [-0.15, -0.1) is 0 Å². The molecule has 6 nitrogen and oxygen atoms in total. The molecule has 2 heterocycles. The Kier molecular flexibility index (Phi) is 3.80. The molecule has 0 unspecified atom stereocenters. The molecule has 1 aliphatic rings. The van der Waals surface area contributed by atoms with Gasteiger partial charge in [0.15, 0.2) is 0 Å². The van der Waals surface area contributed by atoms with Crippen LogP contribution in [-0.2, 0) is 13.1 Å². The van der Waals surface area contributed by atoms with E-state index < -0.39 is 0 Å². The Hall–Kier alpha value is -1.69. The van der Waals surface area contributed by atoms with Crippen molar-refractivity contribution in [3.05, 3.63) is 39.5 Å². The molecule has 0 amide bonds. The van der Waals surface area contributed by atoms with Gasteiger partial charge < -0.3 is 0 Å². The van der Waals surface area contributed by atoms with Gasteiger partial charge in [0.1, 0.15) is 23.1 Å². The molecule has 0 atom stereocenters. The van der Waals surface area contributed by atoms with E-state index >= 15 is 0 Å². The summed E-state index contributed by atoms with van der Waals surface area (Å²) in [4.78, 5) is 20.9. The molecular weight excluding hydrogens is 290 g/mol. The highest BCUT2D eigenvalue weighted by molar-refractivity contribution is 6.29. The van der Waals surface area contributed by atoms with Crippen LogP contribution in [0.4, 0.5) is 0 Å². The zero-order chi connectivity index (χ0) is 15.0. The minimum atomic E-state index is -0.129. The molecule has 0 aromatic carbocycles. The summed E-state index contributed by atoms with van der Waals surface area (Å²) in [6, 6.07) is 1.36. The van der Waals surface area contributed by atoms with E-state index in [1.165, 1.54) is 12.4 Å². The molecule has 21 heavy (non-hydrogen) atoms. The molecule has 1 saturated carbocycles. The molecule has 0 N–H and O–H groups in total. The summed E-state index contributed by atoms with van der Waals surface area (Å²) >= 11 is 5.92. The lowest BCUT2D eigenvalue weighted by atomic mass is 10.2. The minimum Gasteiger partial charge on any atom is -0.289 e. The van der Waals surface area contributed by atoms with E-state index in [1.807, 2.05) is 4.68 Å². The van der Waals surface area contributed by atoms with Crippen molar-refractivity contribution in [2.24, 2.45) is 5.92 Å². The van der Waals surface area contributed by atoms with Crippen LogP contribution in [0.3, 0.4) is 0 Å². The van der Waals surface area contributed by atoms with Crippen LogP contribution in [0.5, 0.6) is 0 Å². The van der Waals surface area contributed by atoms with Crippen molar-refractivity contribution < 1.29 is 0 Å². The summed E-state index contributed by atoms with van der Waals surface area (Å²) in [6.45, 7) is 5.42. The average Bonchev–Trinajstić information content (AvgIpc) is 3.15. The fourth-order valence-electron chi connectivity index (χ4n) is 2.36. The summed E-state index contributed by atoms with van der Waals surface area (Å²) in [7, 11) is 0. The highest BCUT2D eigenvalue weighted by atomic mass is 35.5. The fourth-order valence-corrected chi connectivity index (χ4v) is 2.54. The first-order valence-corrected chi connectivity index (χ1v) is 7.56. The lowest BCUT2D eigenvalue weighted by Gasteiger charge is -2.13. The van der Waals surface area contributed by atoms with Crippen LogP contribution in [0.15, 0.2) is 17.2 Å². The van der Waals surface area contributed by atoms with Crippen LogP contribution < -0.4 is 5.56 Å². The Balaban J connectivity index is 1.95. The molecule has 0 saturated heterocycles. The van der Waals surface area contributed by atoms with Crippen LogP contribution in [0, 0.1) is 5.92 Å². The normalized spacial score (nSPS) is 14.9. The first-order valence-electron chi connectivity index (χ1n) is 7.18. The second-order valence-corrected chi connectivity index (χ2v) is 6.28. The second-order valence-electron chi connectivity index (χ2n) is 5.89. The van der Waals surface area contributed by atoms with E-state index in [9.17, 15) is 4.79 Å². The van der Waals surface area contributed by atoms with Crippen molar-refractivity contribution in [2.45, 2.75) is 45.7 Å². The van der Waals surface area contributed by atoms with Gasteiger partial charge in [-0.2, -0.15) is 5.10 Å². The number of aromatic nitrogens is 5. The Labute approximate surface area is 127 Å². The Morgan fingerprint density at radius 3 is 2.86 bits per heavy atom. The molecule has 1 aliphatic carbocycles. The van der Waals surface area contributed by atoms with Gasteiger partial charge in [-0.1, -0.05) is 25.4 Å². The van der Waals surface area contributed by atoms with Gasteiger partial charge in [0, 0.05) is 18.5 Å². The largest absolute Gasteiger partial charge is 0.289 e. The van der Waals surface area contributed by atoms with Crippen LogP contribution in [0.1, 0.15) is 44.3 Å². The van der Waals surface area contributed by atoms with Crippen LogP contribution >= 0.6 is 11.6 Å². The average molecular weight is 308 g/mol. The smallest absolute Gasteiger partial charge is 0.255 e. The molecule has 2 aromatic heterocycles. The van der Waals surface area contributed by atoms with Gasteiger partial charge in [-0.3, -0.25) is 9.36 Å². The van der Waals surface area contributed by atoms with E-state index in [0.29, 0.717) is 18.4 Å². The molecule has 1 fully saturated rings. The third-order valence-corrected chi connectivity index (χ3v) is 3.68. The molecular formula is C14H18ClN5O. The SMILES string of the molecule is CC(C)Cn1ncnc1Cn1c(C2CC2)nc(Cl)cc1=O. The van der Waals surface area contributed by atoms with Gasteiger partial charge in [-0.25, -0.2) is 14.6 Å². The lowest BCUT2D eigenvalue weighted by Crippen LogP contribution is -2.26. The molecule has 3 rings (SSSR count). The molecule has 2 aromatic rings. The van der Waals surface area contributed by atoms with E-state index in [2.05, 4.69) is 28.9 Å². The highest BCUT2D eigenvalue weighted by Crippen LogP contribution is 2.38. The summed E-state index contributed by atoms with van der Waals surface area (Å²) in [6.07, 6.45) is 3.65. The van der Waals surface area contributed by atoms with Crippen molar-refractivity contribution in [2.75, 3.05) is 0 Å². The zero-order valence-electron chi connectivity index (χ0n) is 12.2. The van der Waals surface area contributed by atoms with Crippen molar-refractivity contribution >= 4 is 11.6 Å². The van der Waals surface area contributed by atoms with E-state index in [0.717, 1.165) is 31.0 Å². The number of halogens is 1. The lowest BCUT2D eigenvalue weighted by molar-refractivity contribution is 0.457. The maximum Gasteiger partial charge on any atom is 0.255 e. The van der Waals surface area contributed by atoms with Crippen molar-refractivity contribution in [1.29, 1.82) is 0 Å². The quantitative estimate of drug-likeness (QED) is 0.793. The van der Waals surface area contributed by atoms with Crippen LogP contribution in [0.2, 0.25) is 5.15 Å². The number of hydrogen-bond donors (Lipinski definition) is 0. The summed E-state index contributed by atoms with van der Waals surface area (Å²) in [5.41, 5.74) is -0.129. The zero-order valence-corrected chi connectivity index (χ0v) is 12.9. The molecule has 0 bridgehead atoms. The standard InChI is InChI=1S/C14H18ClN5O/c1-9(2)6-20-12(16-8-17-20)7-19-13(21)5-11(15)18-14(19)10-3-4-10/h5,8-10H,3-4,6-7H2,1-2H3. The Bertz CT molecular complexity index is 702. The third kappa shape index (κ3) is 3.15. The number of hydrogen-bond acceptors (Lipinski definition) is 4. The van der Waals surface area contributed by atoms with Crippen molar-refractivity contribution in [3.63, 3.8) is 0 Å². The first kappa shape index (κ1) is 14.3. The highest BCUT2D eigenvalue weighted by Gasteiger charge is 2.29. The number of nitrogens with zero attached hydrogens (tertiary/aromatic N) is 5. The van der Waals surface area contributed by atoms with Gasteiger partial charge in [-0.05, 0) is 18.8 Å². The second kappa shape index (κ2) is 5.60. The van der Waals surface area contributed by atoms with Crippen molar-refractivity contribution in [3.8, 4) is 0 Å². The summed E-state index contributed by atoms with van der Waals surface area (Å²) < 4.78 is 3.52. The molecule has 0 aliphatic heterocycles. The Morgan fingerprint density at radius 2 is 2.19 bits per heavy atom. The van der Waals surface area contributed by atoms with E-state index in [-0.39, 0.29) is 10.7 Å². The topological polar surface area (TPSA) is 65.6 Å². The molecule has 7 heteroatoms.